The lowest BCUT2D eigenvalue weighted by Gasteiger charge is -2.26. The number of hydrogen-bond donors (Lipinski definition) is 1. The van der Waals surface area contributed by atoms with Crippen LogP contribution in [0.1, 0.15) is 48.9 Å². The fraction of sp³-hybridized carbons (Fsp3) is 0.500. The summed E-state index contributed by atoms with van der Waals surface area (Å²) in [7, 11) is 1.42. The highest BCUT2D eigenvalue weighted by molar-refractivity contribution is 5.99. The van der Waals surface area contributed by atoms with E-state index in [9.17, 15) is 14.0 Å². The highest BCUT2D eigenvalue weighted by Gasteiger charge is 2.38. The molecule has 1 fully saturated rings. The molecule has 0 unspecified atom stereocenters. The first-order chi connectivity index (χ1) is 9.96. The number of carbonyl (C=O) groups excluding carboxylic acids is 1. The van der Waals surface area contributed by atoms with Gasteiger partial charge in [0.1, 0.15) is 11.6 Å². The number of aliphatic carboxylic acids is 1. The third-order valence-corrected chi connectivity index (χ3v) is 4.19. The number of Topliss-reactive ketones (excluding diaryl/α,β-unsaturated/α-hetero) is 1. The largest absolute Gasteiger partial charge is 0.496 e. The fourth-order valence-corrected chi connectivity index (χ4v) is 3.20. The summed E-state index contributed by atoms with van der Waals surface area (Å²) in [5, 5.41) is 9.07. The maximum absolute atomic E-state index is 13.4. The summed E-state index contributed by atoms with van der Waals surface area (Å²) in [4.78, 5) is 23.5. The molecule has 0 aliphatic heterocycles. The monoisotopic (exact) mass is 294 g/mol. The van der Waals surface area contributed by atoms with Crippen molar-refractivity contribution < 1.29 is 23.8 Å². The van der Waals surface area contributed by atoms with Crippen molar-refractivity contribution in [3.8, 4) is 5.75 Å². The number of benzene rings is 1. The molecule has 1 aromatic carbocycles. The number of methoxy groups -OCH3 is 1. The summed E-state index contributed by atoms with van der Waals surface area (Å²) in [5.41, 5.74) is -0.311. The highest BCUT2D eigenvalue weighted by atomic mass is 19.1. The molecular formula is C16H19FO4. The predicted octanol–water partition coefficient (Wildman–Crippen LogP) is 3.44. The predicted molar refractivity (Wildman–Crippen MR) is 75.1 cm³/mol. The van der Waals surface area contributed by atoms with E-state index in [-0.39, 0.29) is 24.2 Å². The summed E-state index contributed by atoms with van der Waals surface area (Å²) in [6.07, 6.45) is 3.42. The molecule has 1 saturated carbocycles. The third-order valence-electron chi connectivity index (χ3n) is 4.19. The molecule has 0 atom stereocenters. The Kier molecular flexibility index (Phi) is 4.60. The van der Waals surface area contributed by atoms with Crippen molar-refractivity contribution in [3.05, 3.63) is 29.6 Å². The maximum Gasteiger partial charge on any atom is 0.303 e. The van der Waals surface area contributed by atoms with Crippen LogP contribution in [0.5, 0.6) is 5.75 Å². The zero-order chi connectivity index (χ0) is 15.5. The maximum atomic E-state index is 13.4. The van der Waals surface area contributed by atoms with Gasteiger partial charge in [0, 0.05) is 6.42 Å². The van der Waals surface area contributed by atoms with E-state index >= 15 is 0 Å². The average Bonchev–Trinajstić information content (AvgIpc) is 2.85. The topological polar surface area (TPSA) is 63.6 Å². The molecule has 1 aromatic rings. The zero-order valence-electron chi connectivity index (χ0n) is 12.0. The van der Waals surface area contributed by atoms with E-state index in [1.54, 1.807) is 0 Å². The van der Waals surface area contributed by atoms with Gasteiger partial charge in [-0.05, 0) is 36.5 Å². The van der Waals surface area contributed by atoms with E-state index in [0.29, 0.717) is 5.75 Å². The van der Waals surface area contributed by atoms with Gasteiger partial charge in [0.05, 0.1) is 19.1 Å². The molecule has 0 saturated heterocycles. The van der Waals surface area contributed by atoms with Crippen molar-refractivity contribution in [2.24, 2.45) is 5.41 Å². The van der Waals surface area contributed by atoms with Gasteiger partial charge in [0.2, 0.25) is 0 Å². The summed E-state index contributed by atoms with van der Waals surface area (Å²) < 4.78 is 18.5. The van der Waals surface area contributed by atoms with Gasteiger partial charge in [-0.15, -0.1) is 0 Å². The number of rotatable bonds is 6. The van der Waals surface area contributed by atoms with E-state index in [1.807, 2.05) is 0 Å². The molecule has 1 aliphatic rings. The molecule has 21 heavy (non-hydrogen) atoms. The lowest BCUT2D eigenvalue weighted by molar-refractivity contribution is -0.139. The molecule has 114 valence electrons. The molecule has 0 heterocycles. The van der Waals surface area contributed by atoms with Crippen LogP contribution in [0.25, 0.3) is 0 Å². The highest BCUT2D eigenvalue weighted by Crippen LogP contribution is 2.45. The van der Waals surface area contributed by atoms with Crippen LogP contribution in [0.3, 0.4) is 0 Å². The quantitative estimate of drug-likeness (QED) is 0.816. The van der Waals surface area contributed by atoms with Crippen LogP contribution in [0.4, 0.5) is 4.39 Å². The number of halogens is 1. The van der Waals surface area contributed by atoms with Gasteiger partial charge < -0.3 is 9.84 Å². The second-order valence-corrected chi connectivity index (χ2v) is 5.72. The molecule has 2 rings (SSSR count). The summed E-state index contributed by atoms with van der Waals surface area (Å²) in [6, 6.07) is 3.81. The Morgan fingerprint density at radius 1 is 1.29 bits per heavy atom. The minimum absolute atomic E-state index is 0.0175. The van der Waals surface area contributed by atoms with Crippen LogP contribution < -0.4 is 4.74 Å². The van der Waals surface area contributed by atoms with Crippen LogP contribution in [0.15, 0.2) is 18.2 Å². The average molecular weight is 294 g/mol. The number of ether oxygens (including phenoxy) is 1. The number of carboxylic acids is 1. The van der Waals surface area contributed by atoms with E-state index < -0.39 is 17.2 Å². The van der Waals surface area contributed by atoms with Crippen LogP contribution in [-0.2, 0) is 4.79 Å². The molecule has 0 radical (unpaired) electrons. The van der Waals surface area contributed by atoms with Gasteiger partial charge in [0.25, 0.3) is 0 Å². The summed E-state index contributed by atoms with van der Waals surface area (Å²) in [6.45, 7) is 0. The first-order valence-corrected chi connectivity index (χ1v) is 7.04. The van der Waals surface area contributed by atoms with Gasteiger partial charge in [0.15, 0.2) is 5.78 Å². The number of hydrogen-bond acceptors (Lipinski definition) is 3. The van der Waals surface area contributed by atoms with Gasteiger partial charge >= 0.3 is 5.97 Å². The summed E-state index contributed by atoms with van der Waals surface area (Å²) >= 11 is 0. The lowest BCUT2D eigenvalue weighted by Crippen LogP contribution is -2.25. The Labute approximate surface area is 122 Å². The van der Waals surface area contributed by atoms with Gasteiger partial charge in [-0.25, -0.2) is 4.39 Å². The molecule has 0 spiro atoms. The van der Waals surface area contributed by atoms with Gasteiger partial charge in [-0.1, -0.05) is 12.8 Å². The molecule has 0 bridgehead atoms. The van der Waals surface area contributed by atoms with Crippen LogP contribution in [0, 0.1) is 11.2 Å². The molecule has 1 N–H and O–H groups in total. The first kappa shape index (κ1) is 15.5. The normalized spacial score (nSPS) is 16.7. The molecule has 5 heteroatoms. The Hall–Kier alpha value is -1.91. The second-order valence-electron chi connectivity index (χ2n) is 5.72. The molecular weight excluding hydrogens is 275 g/mol. The molecule has 0 aromatic heterocycles. The number of ketones is 1. The number of carboxylic acid groups (broad SMARTS) is 1. The Morgan fingerprint density at radius 2 is 1.95 bits per heavy atom. The van der Waals surface area contributed by atoms with Gasteiger partial charge in [-0.3, -0.25) is 9.59 Å². The molecule has 1 aliphatic carbocycles. The van der Waals surface area contributed by atoms with Gasteiger partial charge in [-0.2, -0.15) is 0 Å². The van der Waals surface area contributed by atoms with Crippen molar-refractivity contribution in [3.63, 3.8) is 0 Å². The Balaban J connectivity index is 2.23. The lowest BCUT2D eigenvalue weighted by atomic mass is 9.77. The minimum atomic E-state index is -0.893. The SMILES string of the molecule is COc1ccc(F)cc1C(=O)CC1(CC(=O)O)CCCC1. The van der Waals surface area contributed by atoms with E-state index in [2.05, 4.69) is 0 Å². The minimum Gasteiger partial charge on any atom is -0.496 e. The van der Waals surface area contributed by atoms with Crippen molar-refractivity contribution in [2.75, 3.05) is 7.11 Å². The smallest absolute Gasteiger partial charge is 0.303 e. The van der Waals surface area contributed by atoms with Crippen molar-refractivity contribution >= 4 is 11.8 Å². The number of carbonyl (C=O) groups is 2. The van der Waals surface area contributed by atoms with Crippen molar-refractivity contribution in [2.45, 2.75) is 38.5 Å². The van der Waals surface area contributed by atoms with Crippen LogP contribution in [-0.4, -0.2) is 24.0 Å². The van der Waals surface area contributed by atoms with Crippen LogP contribution >= 0.6 is 0 Å². The standard InChI is InChI=1S/C16H19FO4/c1-21-14-5-4-11(17)8-12(14)13(18)9-16(10-15(19)20)6-2-3-7-16/h4-5,8H,2-3,6-7,9-10H2,1H3,(H,19,20). The van der Waals surface area contributed by atoms with Crippen LogP contribution in [0.2, 0.25) is 0 Å². The zero-order valence-corrected chi connectivity index (χ0v) is 12.0. The Bertz CT molecular complexity index is 547. The molecule has 0 amide bonds. The fourth-order valence-electron chi connectivity index (χ4n) is 3.20. The first-order valence-electron chi connectivity index (χ1n) is 7.04. The van der Waals surface area contributed by atoms with E-state index in [1.165, 1.54) is 19.2 Å². The van der Waals surface area contributed by atoms with E-state index in [4.69, 9.17) is 9.84 Å². The third kappa shape index (κ3) is 3.60. The molecule has 4 nitrogen and oxygen atoms in total. The Morgan fingerprint density at radius 3 is 2.52 bits per heavy atom. The van der Waals surface area contributed by atoms with E-state index in [0.717, 1.165) is 31.7 Å². The summed E-state index contributed by atoms with van der Waals surface area (Å²) in [5.74, 6) is -1.33. The van der Waals surface area contributed by atoms with Crippen molar-refractivity contribution in [1.29, 1.82) is 0 Å². The van der Waals surface area contributed by atoms with Crippen molar-refractivity contribution in [1.82, 2.24) is 0 Å². The second kappa shape index (κ2) is 6.24.